The minimum Gasteiger partial charge on any atom is -0.462 e. The van der Waals surface area contributed by atoms with E-state index in [-0.39, 0.29) is 30.4 Å². The fourth-order valence-corrected chi connectivity index (χ4v) is 3.46. The molecule has 0 radical (unpaired) electrons. The number of rotatable bonds is 5. The molecule has 1 saturated carbocycles. The average Bonchev–Trinajstić information content (AvgIpc) is 3.52. The average molecular weight is 385 g/mol. The molecule has 0 bridgehead atoms. The number of ketones is 1. The van der Waals surface area contributed by atoms with E-state index in [1.54, 1.807) is 12.3 Å². The van der Waals surface area contributed by atoms with Crippen LogP contribution in [0.1, 0.15) is 52.9 Å². The van der Waals surface area contributed by atoms with Crippen molar-refractivity contribution < 1.29 is 18.3 Å². The lowest BCUT2D eigenvalue weighted by Gasteiger charge is -2.33. The van der Waals surface area contributed by atoms with Crippen molar-refractivity contribution in [1.29, 1.82) is 0 Å². The summed E-state index contributed by atoms with van der Waals surface area (Å²) in [6.07, 6.45) is 2.55. The van der Waals surface area contributed by atoms with Crippen LogP contribution in [0.5, 0.6) is 0 Å². The van der Waals surface area contributed by atoms with E-state index in [0.717, 1.165) is 5.56 Å². The Bertz CT molecular complexity index is 941. The third kappa shape index (κ3) is 3.48. The highest BCUT2D eigenvalue weighted by molar-refractivity contribution is 5.95. The van der Waals surface area contributed by atoms with Gasteiger partial charge in [0.05, 0.1) is 0 Å². The summed E-state index contributed by atoms with van der Waals surface area (Å²) in [5, 5.41) is 0. The standard InChI is InChI=1S/C21H21F2N3O2/c1-21(19(23)11-28-20(24)26-21)15-8-12(2-6-16(15)22)9-18(27)17-7-5-14(10-25-17)13-3-4-13/h2,5-8,10,13,19H,3-4,9,11H2,1H3,(H2,24,26)/t19-,21+/m0/s1. The smallest absolute Gasteiger partial charge is 0.283 e. The Morgan fingerprint density at radius 2 is 2.11 bits per heavy atom. The molecular formula is C21H21F2N3O2. The second-order valence-corrected chi connectivity index (χ2v) is 7.54. The lowest BCUT2D eigenvalue weighted by atomic mass is 9.85. The minimum atomic E-state index is -1.56. The lowest BCUT2D eigenvalue weighted by molar-refractivity contribution is 0.0921. The van der Waals surface area contributed by atoms with Gasteiger partial charge < -0.3 is 10.5 Å². The summed E-state index contributed by atoms with van der Waals surface area (Å²) in [7, 11) is 0. The highest BCUT2D eigenvalue weighted by Crippen LogP contribution is 2.39. The van der Waals surface area contributed by atoms with E-state index < -0.39 is 17.5 Å². The van der Waals surface area contributed by atoms with Crippen LogP contribution in [-0.2, 0) is 16.7 Å². The fourth-order valence-electron chi connectivity index (χ4n) is 3.46. The Morgan fingerprint density at radius 3 is 2.79 bits per heavy atom. The first-order chi connectivity index (χ1) is 13.4. The zero-order valence-corrected chi connectivity index (χ0v) is 15.5. The predicted molar refractivity (Wildman–Crippen MR) is 100 cm³/mol. The van der Waals surface area contributed by atoms with Crippen LogP contribution in [0.2, 0.25) is 0 Å². The number of halogens is 2. The van der Waals surface area contributed by atoms with E-state index in [1.807, 2.05) is 6.07 Å². The number of nitrogens with two attached hydrogens (primary N) is 1. The SMILES string of the molecule is C[C@]1(c2cc(CC(=O)c3ccc(C4CC4)cn3)ccc2F)N=C(N)OC[C@@H]1F. The Morgan fingerprint density at radius 1 is 1.32 bits per heavy atom. The Labute approximate surface area is 161 Å². The molecule has 146 valence electrons. The van der Waals surface area contributed by atoms with E-state index in [0.29, 0.717) is 17.2 Å². The topological polar surface area (TPSA) is 77.6 Å². The Kier molecular flexibility index (Phi) is 4.61. The van der Waals surface area contributed by atoms with E-state index >= 15 is 0 Å². The molecule has 7 heteroatoms. The molecule has 0 saturated heterocycles. The summed E-state index contributed by atoms with van der Waals surface area (Å²) in [6, 6.07) is 7.68. The van der Waals surface area contributed by atoms with Crippen molar-refractivity contribution in [2.45, 2.75) is 43.8 Å². The number of alkyl halides is 1. The summed E-state index contributed by atoms with van der Waals surface area (Å²) >= 11 is 0. The maximum absolute atomic E-state index is 14.5. The van der Waals surface area contributed by atoms with Crippen LogP contribution in [0.15, 0.2) is 41.5 Å². The molecule has 2 aliphatic rings. The van der Waals surface area contributed by atoms with Gasteiger partial charge in [-0.2, -0.15) is 0 Å². The van der Waals surface area contributed by atoms with E-state index in [1.165, 1.54) is 38.0 Å². The molecule has 1 aliphatic heterocycles. The van der Waals surface area contributed by atoms with Crippen molar-refractivity contribution in [3.8, 4) is 0 Å². The van der Waals surface area contributed by atoms with Crippen LogP contribution in [0.3, 0.4) is 0 Å². The van der Waals surface area contributed by atoms with Gasteiger partial charge in [0.15, 0.2) is 12.0 Å². The summed E-state index contributed by atoms with van der Waals surface area (Å²) in [4.78, 5) is 20.8. The molecule has 2 atom stereocenters. The molecule has 1 aliphatic carbocycles. The monoisotopic (exact) mass is 385 g/mol. The van der Waals surface area contributed by atoms with Crippen molar-refractivity contribution in [2.75, 3.05) is 6.61 Å². The van der Waals surface area contributed by atoms with Crippen molar-refractivity contribution in [2.24, 2.45) is 10.7 Å². The first-order valence-corrected chi connectivity index (χ1v) is 9.27. The van der Waals surface area contributed by atoms with E-state index in [9.17, 15) is 13.6 Å². The summed E-state index contributed by atoms with van der Waals surface area (Å²) in [5.41, 5.74) is 6.18. The highest BCUT2D eigenvalue weighted by Gasteiger charge is 2.42. The number of hydrogen-bond donors (Lipinski definition) is 1. The number of ether oxygens (including phenoxy) is 1. The molecule has 2 heterocycles. The van der Waals surface area contributed by atoms with E-state index in [2.05, 4.69) is 9.98 Å². The molecule has 1 aromatic carbocycles. The molecule has 28 heavy (non-hydrogen) atoms. The number of benzene rings is 1. The van der Waals surface area contributed by atoms with Crippen molar-refractivity contribution >= 4 is 11.8 Å². The molecule has 4 rings (SSSR count). The maximum Gasteiger partial charge on any atom is 0.283 e. The normalized spacial score (nSPS) is 24.4. The first kappa shape index (κ1) is 18.5. The number of pyridine rings is 1. The molecule has 2 aromatic rings. The second kappa shape index (κ2) is 6.96. The zero-order valence-electron chi connectivity index (χ0n) is 15.5. The number of aromatic nitrogens is 1. The van der Waals surface area contributed by atoms with Gasteiger partial charge in [0.25, 0.3) is 6.02 Å². The molecule has 1 aromatic heterocycles. The molecular weight excluding hydrogens is 364 g/mol. The summed E-state index contributed by atoms with van der Waals surface area (Å²) in [6.45, 7) is 1.17. The van der Waals surface area contributed by atoms with Crippen molar-refractivity contribution in [1.82, 2.24) is 4.98 Å². The van der Waals surface area contributed by atoms with Crippen LogP contribution in [0.25, 0.3) is 0 Å². The van der Waals surface area contributed by atoms with Gasteiger partial charge in [-0.3, -0.25) is 9.78 Å². The molecule has 0 spiro atoms. The van der Waals surface area contributed by atoms with Gasteiger partial charge in [-0.15, -0.1) is 0 Å². The number of carbonyl (C=O) groups excluding carboxylic acids is 1. The third-order valence-corrected chi connectivity index (χ3v) is 5.39. The highest BCUT2D eigenvalue weighted by atomic mass is 19.1. The van der Waals surface area contributed by atoms with Gasteiger partial charge >= 0.3 is 0 Å². The first-order valence-electron chi connectivity index (χ1n) is 9.27. The van der Waals surface area contributed by atoms with Crippen LogP contribution in [0, 0.1) is 5.82 Å². The minimum absolute atomic E-state index is 0.0335. The third-order valence-electron chi connectivity index (χ3n) is 5.39. The fraction of sp³-hybridized carbons (Fsp3) is 0.381. The predicted octanol–water partition coefficient (Wildman–Crippen LogP) is 3.42. The number of nitrogens with zero attached hydrogens (tertiary/aromatic N) is 2. The summed E-state index contributed by atoms with van der Waals surface area (Å²) < 4.78 is 33.9. The van der Waals surface area contributed by atoms with Gasteiger partial charge in [-0.25, -0.2) is 13.8 Å². The van der Waals surface area contributed by atoms with Gasteiger partial charge in [-0.1, -0.05) is 12.1 Å². The number of amidine groups is 1. The molecule has 2 N–H and O–H groups in total. The Balaban J connectivity index is 1.58. The maximum atomic E-state index is 14.5. The molecule has 0 amide bonds. The lowest BCUT2D eigenvalue weighted by Crippen LogP contribution is -2.43. The van der Waals surface area contributed by atoms with Crippen LogP contribution in [-0.4, -0.2) is 29.6 Å². The number of Topliss-reactive ketones (excluding diaryl/α,β-unsaturated/α-hetero) is 1. The molecule has 1 fully saturated rings. The molecule has 5 nitrogen and oxygen atoms in total. The zero-order chi connectivity index (χ0) is 19.9. The van der Waals surface area contributed by atoms with Crippen molar-refractivity contribution in [3.63, 3.8) is 0 Å². The quantitative estimate of drug-likeness (QED) is 0.800. The summed E-state index contributed by atoms with van der Waals surface area (Å²) in [5.74, 6) is -0.221. The van der Waals surface area contributed by atoms with Gasteiger partial charge in [0.1, 0.15) is 23.7 Å². The van der Waals surface area contributed by atoms with Gasteiger partial charge in [0.2, 0.25) is 0 Å². The van der Waals surface area contributed by atoms with E-state index in [4.69, 9.17) is 10.5 Å². The number of carbonyl (C=O) groups is 1. The number of hydrogen-bond acceptors (Lipinski definition) is 5. The molecule has 0 unspecified atom stereocenters. The van der Waals surface area contributed by atoms with Crippen LogP contribution in [0.4, 0.5) is 8.78 Å². The van der Waals surface area contributed by atoms with Crippen LogP contribution < -0.4 is 5.73 Å². The van der Waals surface area contributed by atoms with Crippen LogP contribution >= 0.6 is 0 Å². The Hall–Kier alpha value is -2.83. The number of aliphatic imine (C=N–C) groups is 1. The van der Waals surface area contributed by atoms with Gasteiger partial charge in [0, 0.05) is 18.2 Å². The van der Waals surface area contributed by atoms with Gasteiger partial charge in [-0.05, 0) is 55.0 Å². The second-order valence-electron chi connectivity index (χ2n) is 7.54. The largest absolute Gasteiger partial charge is 0.462 e. The van der Waals surface area contributed by atoms with Crippen molar-refractivity contribution in [3.05, 3.63) is 64.7 Å².